The number of benzene rings is 2. The largest absolute Gasteiger partial charge is 0.426 e. The van der Waals surface area contributed by atoms with Crippen molar-refractivity contribution in [1.82, 2.24) is 0 Å². The average molecular weight is 366 g/mol. The van der Waals surface area contributed by atoms with Gasteiger partial charge in [0.15, 0.2) is 0 Å². The highest BCUT2D eigenvalue weighted by Gasteiger charge is 2.37. The van der Waals surface area contributed by atoms with E-state index in [-0.39, 0.29) is 16.2 Å². The molecule has 25 heavy (non-hydrogen) atoms. The number of carbonyl (C=O) groups is 1. The first-order valence-electron chi connectivity index (χ1n) is 7.09. The molecule has 0 aliphatic rings. The molecule has 0 bridgehead atoms. The minimum absolute atomic E-state index is 0.0506. The number of rotatable bonds is 3. The van der Waals surface area contributed by atoms with Gasteiger partial charge in [0.05, 0.1) is 0 Å². The van der Waals surface area contributed by atoms with E-state index in [1.54, 1.807) is 18.2 Å². The van der Waals surface area contributed by atoms with Crippen LogP contribution in [0.25, 0.3) is 11.1 Å². The van der Waals surface area contributed by atoms with Crippen LogP contribution in [-0.4, -0.2) is 5.97 Å². The van der Waals surface area contributed by atoms with Gasteiger partial charge in [-0.3, -0.25) is 0 Å². The first-order valence-corrected chi connectivity index (χ1v) is 7.90. The zero-order chi connectivity index (χ0) is 18.0. The first kappa shape index (κ1) is 17.2. The molecule has 3 rings (SSSR count). The van der Waals surface area contributed by atoms with Crippen molar-refractivity contribution >= 4 is 17.3 Å². The van der Waals surface area contributed by atoms with Crippen molar-refractivity contribution in [1.29, 1.82) is 0 Å². The van der Waals surface area contributed by atoms with Gasteiger partial charge in [-0.05, 0) is 35.9 Å². The first-order chi connectivity index (χ1) is 11.8. The molecule has 0 radical (unpaired) electrons. The lowest BCUT2D eigenvalue weighted by Gasteiger charge is -2.07. The van der Waals surface area contributed by atoms with E-state index < -0.39 is 22.8 Å². The van der Waals surface area contributed by atoms with E-state index in [0.717, 1.165) is 18.2 Å². The Morgan fingerprint density at radius 1 is 0.960 bits per heavy atom. The zero-order valence-corrected chi connectivity index (χ0v) is 13.3. The van der Waals surface area contributed by atoms with Gasteiger partial charge in [-0.1, -0.05) is 30.3 Å². The van der Waals surface area contributed by atoms with E-state index in [1.165, 1.54) is 24.3 Å². The van der Waals surface area contributed by atoms with Crippen molar-refractivity contribution in [3.05, 3.63) is 76.2 Å². The fourth-order valence-electron chi connectivity index (χ4n) is 2.19. The molecular formula is C18H10F4O2S. The molecule has 0 aliphatic carbocycles. The summed E-state index contributed by atoms with van der Waals surface area (Å²) in [4.78, 5) is 11.1. The van der Waals surface area contributed by atoms with Crippen LogP contribution in [0, 0.1) is 5.82 Å². The lowest BCUT2D eigenvalue weighted by Crippen LogP contribution is -2.06. The normalized spacial score (nSPS) is 11.4. The highest BCUT2D eigenvalue weighted by Crippen LogP contribution is 2.43. The molecule has 0 spiro atoms. The van der Waals surface area contributed by atoms with Crippen LogP contribution >= 0.6 is 11.3 Å². The van der Waals surface area contributed by atoms with E-state index in [2.05, 4.69) is 0 Å². The van der Waals surface area contributed by atoms with Crippen molar-refractivity contribution < 1.29 is 27.1 Å². The zero-order valence-electron chi connectivity index (χ0n) is 12.5. The van der Waals surface area contributed by atoms with Crippen molar-refractivity contribution in [2.45, 2.75) is 6.18 Å². The maximum Gasteiger partial charge on any atom is 0.426 e. The van der Waals surface area contributed by atoms with Gasteiger partial charge in [0.1, 0.15) is 21.3 Å². The maximum atomic E-state index is 13.3. The molecule has 128 valence electrons. The van der Waals surface area contributed by atoms with Crippen LogP contribution in [0.15, 0.2) is 60.7 Å². The Morgan fingerprint density at radius 3 is 2.20 bits per heavy atom. The number of ether oxygens (including phenoxy) is 1. The molecule has 0 atom stereocenters. The van der Waals surface area contributed by atoms with Crippen molar-refractivity contribution in [3.8, 4) is 16.9 Å². The van der Waals surface area contributed by atoms with E-state index >= 15 is 0 Å². The number of halogens is 4. The lowest BCUT2D eigenvalue weighted by molar-refractivity contribution is -0.133. The summed E-state index contributed by atoms with van der Waals surface area (Å²) < 4.78 is 57.8. The minimum Gasteiger partial charge on any atom is -0.422 e. The Balaban J connectivity index is 1.95. The molecule has 0 amide bonds. The van der Waals surface area contributed by atoms with Gasteiger partial charge in [-0.25, -0.2) is 9.18 Å². The fraction of sp³-hybridized carbons (Fsp3) is 0.0556. The fourth-order valence-corrected chi connectivity index (χ4v) is 3.12. The molecule has 2 nitrogen and oxygen atoms in total. The SMILES string of the molecule is O=C(Oc1ccc(F)cc1)c1cc(-c2ccccc2)c(C(F)(F)F)s1. The highest BCUT2D eigenvalue weighted by molar-refractivity contribution is 7.14. The quantitative estimate of drug-likeness (QED) is 0.333. The van der Waals surface area contributed by atoms with Crippen molar-refractivity contribution in [2.24, 2.45) is 0 Å². The van der Waals surface area contributed by atoms with Gasteiger partial charge in [0.2, 0.25) is 0 Å². The number of thiophene rings is 1. The number of hydrogen-bond donors (Lipinski definition) is 0. The van der Waals surface area contributed by atoms with E-state index in [1.807, 2.05) is 0 Å². The second kappa shape index (κ2) is 6.68. The van der Waals surface area contributed by atoms with Crippen molar-refractivity contribution in [2.75, 3.05) is 0 Å². The molecule has 0 unspecified atom stereocenters. The molecule has 3 aromatic rings. The van der Waals surface area contributed by atoms with Gasteiger partial charge in [-0.15, -0.1) is 11.3 Å². The van der Waals surface area contributed by atoms with Gasteiger partial charge >= 0.3 is 12.1 Å². The topological polar surface area (TPSA) is 26.3 Å². The second-order valence-corrected chi connectivity index (χ2v) is 6.11. The lowest BCUT2D eigenvalue weighted by atomic mass is 10.1. The molecule has 0 saturated heterocycles. The molecule has 2 aromatic carbocycles. The Morgan fingerprint density at radius 2 is 1.60 bits per heavy atom. The van der Waals surface area contributed by atoms with Gasteiger partial charge in [0.25, 0.3) is 0 Å². The third-order valence-electron chi connectivity index (χ3n) is 3.30. The second-order valence-electron chi connectivity index (χ2n) is 5.06. The summed E-state index contributed by atoms with van der Waals surface area (Å²) in [5.74, 6) is -1.39. The monoisotopic (exact) mass is 366 g/mol. The summed E-state index contributed by atoms with van der Waals surface area (Å²) in [7, 11) is 0. The van der Waals surface area contributed by atoms with Gasteiger partial charge < -0.3 is 4.74 Å². The maximum absolute atomic E-state index is 13.3. The molecule has 0 fully saturated rings. The Kier molecular flexibility index (Phi) is 4.59. The highest BCUT2D eigenvalue weighted by atomic mass is 32.1. The molecule has 1 heterocycles. The van der Waals surface area contributed by atoms with Crippen LogP contribution < -0.4 is 4.74 Å². The molecule has 0 aliphatic heterocycles. The Labute approximate surface area is 144 Å². The average Bonchev–Trinajstić information content (AvgIpc) is 3.04. The Hall–Kier alpha value is -2.67. The number of esters is 1. The van der Waals surface area contributed by atoms with Crippen LogP contribution in [0.4, 0.5) is 17.6 Å². The Bertz CT molecular complexity index is 884. The molecule has 0 N–H and O–H groups in total. The van der Waals surface area contributed by atoms with E-state index in [4.69, 9.17) is 4.74 Å². The van der Waals surface area contributed by atoms with Crippen LogP contribution in [0.5, 0.6) is 5.75 Å². The standard InChI is InChI=1S/C18H10F4O2S/c19-12-6-8-13(9-7-12)24-17(23)15-10-14(11-4-2-1-3-5-11)16(25-15)18(20,21)22/h1-10H. The summed E-state index contributed by atoms with van der Waals surface area (Å²) in [5, 5.41) is 0. The van der Waals surface area contributed by atoms with Crippen LogP contribution in [0.1, 0.15) is 14.5 Å². The summed E-state index contributed by atoms with van der Waals surface area (Å²) in [6.07, 6.45) is -4.59. The van der Waals surface area contributed by atoms with Crippen LogP contribution in [0.3, 0.4) is 0 Å². The van der Waals surface area contributed by atoms with E-state index in [9.17, 15) is 22.4 Å². The third kappa shape index (κ3) is 3.88. The summed E-state index contributed by atoms with van der Waals surface area (Å²) >= 11 is 0.318. The third-order valence-corrected chi connectivity index (χ3v) is 4.46. The number of carbonyl (C=O) groups excluding carboxylic acids is 1. The van der Waals surface area contributed by atoms with E-state index in [0.29, 0.717) is 16.9 Å². The molecule has 1 aromatic heterocycles. The summed E-state index contributed by atoms with van der Waals surface area (Å²) in [6.45, 7) is 0. The minimum atomic E-state index is -4.59. The van der Waals surface area contributed by atoms with Gasteiger partial charge in [-0.2, -0.15) is 13.2 Å². The number of alkyl halides is 3. The number of hydrogen-bond acceptors (Lipinski definition) is 3. The molecule has 7 heteroatoms. The molecular weight excluding hydrogens is 356 g/mol. The smallest absolute Gasteiger partial charge is 0.422 e. The van der Waals surface area contributed by atoms with Gasteiger partial charge in [0, 0.05) is 5.56 Å². The summed E-state index contributed by atoms with van der Waals surface area (Å²) in [5.41, 5.74) is 0.274. The predicted octanol–water partition coefficient (Wildman–Crippen LogP) is 5.79. The summed E-state index contributed by atoms with van der Waals surface area (Å²) in [6, 6.07) is 13.8. The molecule has 0 saturated carbocycles. The predicted molar refractivity (Wildman–Crippen MR) is 86.1 cm³/mol. The van der Waals surface area contributed by atoms with Crippen LogP contribution in [0.2, 0.25) is 0 Å². The van der Waals surface area contributed by atoms with Crippen LogP contribution in [-0.2, 0) is 6.18 Å². The van der Waals surface area contributed by atoms with Crippen molar-refractivity contribution in [3.63, 3.8) is 0 Å².